The van der Waals surface area contributed by atoms with E-state index >= 15 is 0 Å². The van der Waals surface area contributed by atoms with Gasteiger partial charge < -0.3 is 20.5 Å². The average Bonchev–Trinajstić information content (AvgIpc) is 3.07. The molecule has 4 aromatic rings. The number of anilines is 3. The number of fused-ring (bicyclic) bond motifs is 1. The second-order valence-corrected chi connectivity index (χ2v) is 6.79. The van der Waals surface area contributed by atoms with Crippen LogP contribution in [0.5, 0.6) is 11.6 Å². The van der Waals surface area contributed by atoms with Gasteiger partial charge in [-0.05, 0) is 36.4 Å². The highest BCUT2D eigenvalue weighted by molar-refractivity contribution is 7.21. The van der Waals surface area contributed by atoms with Crippen molar-refractivity contribution in [3.8, 4) is 11.6 Å². The zero-order chi connectivity index (χ0) is 19.5. The van der Waals surface area contributed by atoms with Gasteiger partial charge in [-0.1, -0.05) is 6.07 Å². The normalized spacial score (nSPS) is 10.6. The molecule has 3 heterocycles. The minimum atomic E-state index is -0.470. The van der Waals surface area contributed by atoms with Crippen LogP contribution in [0.1, 0.15) is 9.67 Å². The Morgan fingerprint density at radius 1 is 1.07 bits per heavy atom. The third kappa shape index (κ3) is 3.45. The molecule has 0 bridgehead atoms. The summed E-state index contributed by atoms with van der Waals surface area (Å²) in [6.07, 6.45) is 3.34. The number of aromatic nitrogens is 2. The summed E-state index contributed by atoms with van der Waals surface area (Å²) in [5.41, 5.74) is 8.14. The molecule has 0 aliphatic rings. The highest BCUT2D eigenvalue weighted by Crippen LogP contribution is 2.38. The van der Waals surface area contributed by atoms with Gasteiger partial charge >= 0.3 is 5.97 Å². The topological polar surface area (TPSA) is 99.4 Å². The van der Waals surface area contributed by atoms with E-state index in [4.69, 9.17) is 15.2 Å². The molecule has 0 aliphatic heterocycles. The quantitative estimate of drug-likeness (QED) is 0.479. The molecule has 0 aliphatic carbocycles. The highest BCUT2D eigenvalue weighted by Gasteiger charge is 2.20. The first-order chi connectivity index (χ1) is 13.7. The zero-order valence-electron chi connectivity index (χ0n) is 14.9. The fourth-order valence-corrected chi connectivity index (χ4v) is 3.69. The molecule has 0 unspecified atom stereocenters. The predicted octanol–water partition coefficient (Wildman–Crippen LogP) is 4.60. The number of nitrogens with one attached hydrogen (secondary N) is 1. The largest absolute Gasteiger partial charge is 0.465 e. The molecular weight excluding hydrogens is 376 g/mol. The van der Waals surface area contributed by atoms with Gasteiger partial charge in [-0.2, -0.15) is 0 Å². The number of thiophene rings is 1. The van der Waals surface area contributed by atoms with Crippen molar-refractivity contribution in [2.45, 2.75) is 0 Å². The lowest BCUT2D eigenvalue weighted by Crippen LogP contribution is -2.02. The van der Waals surface area contributed by atoms with E-state index in [2.05, 4.69) is 15.3 Å². The number of methoxy groups -OCH3 is 1. The third-order valence-electron chi connectivity index (χ3n) is 3.99. The first kappa shape index (κ1) is 17.7. The summed E-state index contributed by atoms with van der Waals surface area (Å²) in [4.78, 5) is 21.4. The lowest BCUT2D eigenvalue weighted by Gasteiger charge is -2.10. The molecule has 140 valence electrons. The summed E-state index contributed by atoms with van der Waals surface area (Å²) < 4.78 is 10.5. The van der Waals surface area contributed by atoms with Crippen LogP contribution in [0.2, 0.25) is 0 Å². The van der Waals surface area contributed by atoms with E-state index in [1.807, 2.05) is 42.5 Å². The minimum Gasteiger partial charge on any atom is -0.465 e. The molecule has 7 nitrogen and oxygen atoms in total. The lowest BCUT2D eigenvalue weighted by molar-refractivity contribution is 0.0607. The average molecular weight is 392 g/mol. The number of nitrogens with two attached hydrogens (primary N) is 1. The van der Waals surface area contributed by atoms with Crippen molar-refractivity contribution in [2.24, 2.45) is 0 Å². The van der Waals surface area contributed by atoms with E-state index in [0.29, 0.717) is 32.4 Å². The molecule has 4 rings (SSSR count). The molecular formula is C20H16N4O3S. The van der Waals surface area contributed by atoms with Gasteiger partial charge in [-0.15, -0.1) is 11.3 Å². The van der Waals surface area contributed by atoms with Crippen LogP contribution in [0, 0.1) is 0 Å². The molecule has 0 amide bonds. The number of carbonyl (C=O) groups excluding carboxylic acids is 1. The van der Waals surface area contributed by atoms with Crippen molar-refractivity contribution in [3.05, 3.63) is 65.8 Å². The van der Waals surface area contributed by atoms with E-state index in [-0.39, 0.29) is 0 Å². The smallest absolute Gasteiger partial charge is 0.350 e. The van der Waals surface area contributed by atoms with Crippen LogP contribution >= 0.6 is 11.3 Å². The number of esters is 1. The fourth-order valence-electron chi connectivity index (χ4n) is 2.68. The number of ether oxygens (including phenoxy) is 2. The van der Waals surface area contributed by atoms with E-state index in [1.165, 1.54) is 18.4 Å². The summed E-state index contributed by atoms with van der Waals surface area (Å²) in [5.74, 6) is 0.732. The second kappa shape index (κ2) is 7.53. The van der Waals surface area contributed by atoms with Crippen molar-refractivity contribution < 1.29 is 14.3 Å². The van der Waals surface area contributed by atoms with Gasteiger partial charge in [-0.3, -0.25) is 0 Å². The van der Waals surface area contributed by atoms with Crippen LogP contribution in [-0.4, -0.2) is 23.0 Å². The summed E-state index contributed by atoms with van der Waals surface area (Å²) in [5, 5.41) is 4.01. The molecule has 3 N–H and O–H groups in total. The molecule has 28 heavy (non-hydrogen) atoms. The first-order valence-corrected chi connectivity index (χ1v) is 9.18. The Labute approximate surface area is 164 Å². The first-order valence-electron chi connectivity index (χ1n) is 8.37. The maximum absolute atomic E-state index is 11.9. The Balaban J connectivity index is 1.60. The van der Waals surface area contributed by atoms with Gasteiger partial charge in [0.1, 0.15) is 15.5 Å². The Morgan fingerprint density at radius 2 is 1.89 bits per heavy atom. The Bertz CT molecular complexity index is 1130. The highest BCUT2D eigenvalue weighted by atomic mass is 32.1. The summed E-state index contributed by atoms with van der Waals surface area (Å²) in [7, 11) is 1.33. The van der Waals surface area contributed by atoms with Crippen molar-refractivity contribution in [3.63, 3.8) is 0 Å². The summed E-state index contributed by atoms with van der Waals surface area (Å²) in [6.45, 7) is 0. The number of nitrogen functional groups attached to an aromatic ring is 1. The lowest BCUT2D eigenvalue weighted by atomic mass is 10.2. The van der Waals surface area contributed by atoms with Gasteiger partial charge in [0.25, 0.3) is 0 Å². The SMILES string of the molecule is COC(=O)c1sc2nccc(Nc3ccc(Oc4ccccn4)cc3)c2c1N. The fraction of sp³-hybridized carbons (Fsp3) is 0.0500. The number of nitrogens with zero attached hydrogens (tertiary/aromatic N) is 2. The summed E-state index contributed by atoms with van der Waals surface area (Å²) >= 11 is 1.21. The molecule has 0 saturated heterocycles. The molecule has 0 fully saturated rings. The van der Waals surface area contributed by atoms with Crippen LogP contribution in [0.15, 0.2) is 60.9 Å². The van der Waals surface area contributed by atoms with Crippen LogP contribution < -0.4 is 15.8 Å². The molecule has 0 spiro atoms. The Hall–Kier alpha value is -3.65. The number of benzene rings is 1. The monoisotopic (exact) mass is 392 g/mol. The molecule has 0 atom stereocenters. The minimum absolute atomic E-state index is 0.346. The molecule has 0 radical (unpaired) electrons. The number of carbonyl (C=O) groups is 1. The maximum Gasteiger partial charge on any atom is 0.350 e. The van der Waals surface area contributed by atoms with Gasteiger partial charge in [0.05, 0.1) is 23.9 Å². The molecule has 3 aromatic heterocycles. The molecule has 1 aromatic carbocycles. The van der Waals surface area contributed by atoms with Crippen LogP contribution in [0.3, 0.4) is 0 Å². The van der Waals surface area contributed by atoms with Crippen molar-refractivity contribution >= 4 is 44.6 Å². The number of rotatable bonds is 5. The van der Waals surface area contributed by atoms with Gasteiger partial charge in [0, 0.05) is 24.1 Å². The van der Waals surface area contributed by atoms with Crippen molar-refractivity contribution in [1.82, 2.24) is 9.97 Å². The number of hydrogen-bond acceptors (Lipinski definition) is 8. The predicted molar refractivity (Wildman–Crippen MR) is 109 cm³/mol. The zero-order valence-corrected chi connectivity index (χ0v) is 15.7. The number of pyridine rings is 2. The van der Waals surface area contributed by atoms with Crippen molar-refractivity contribution in [2.75, 3.05) is 18.2 Å². The van der Waals surface area contributed by atoms with E-state index in [0.717, 1.165) is 11.4 Å². The maximum atomic E-state index is 11.9. The van der Waals surface area contributed by atoms with Gasteiger partial charge in [-0.25, -0.2) is 14.8 Å². The van der Waals surface area contributed by atoms with Crippen LogP contribution in [0.4, 0.5) is 17.1 Å². The van der Waals surface area contributed by atoms with Crippen LogP contribution in [0.25, 0.3) is 10.2 Å². The van der Waals surface area contributed by atoms with E-state index in [9.17, 15) is 4.79 Å². The summed E-state index contributed by atoms with van der Waals surface area (Å²) in [6, 6.07) is 14.7. The van der Waals surface area contributed by atoms with E-state index in [1.54, 1.807) is 18.5 Å². The van der Waals surface area contributed by atoms with Crippen molar-refractivity contribution in [1.29, 1.82) is 0 Å². The standard InChI is InChI=1S/C20H16N4O3S/c1-26-20(25)18-17(21)16-14(9-11-23-19(16)28-18)24-12-5-7-13(8-6-12)27-15-4-2-3-10-22-15/h2-11H,21H2,1H3,(H,23,24). The Morgan fingerprint density at radius 3 is 2.61 bits per heavy atom. The Kier molecular flexibility index (Phi) is 4.77. The molecule has 0 saturated carbocycles. The number of hydrogen-bond donors (Lipinski definition) is 2. The molecule has 8 heteroatoms. The van der Waals surface area contributed by atoms with E-state index < -0.39 is 5.97 Å². The third-order valence-corrected chi connectivity index (χ3v) is 5.09. The van der Waals surface area contributed by atoms with Gasteiger partial charge in [0.15, 0.2) is 0 Å². The second-order valence-electron chi connectivity index (χ2n) is 5.79. The van der Waals surface area contributed by atoms with Gasteiger partial charge in [0.2, 0.25) is 5.88 Å². The van der Waals surface area contributed by atoms with Crippen LogP contribution in [-0.2, 0) is 4.74 Å².